The molecule has 0 radical (unpaired) electrons. The van der Waals surface area contributed by atoms with Crippen LogP contribution in [0.2, 0.25) is 0 Å². The maximum Gasteiger partial charge on any atom is 0.256 e. The Bertz CT molecular complexity index is 678. The monoisotopic (exact) mass is 340 g/mol. The molecule has 6 nitrogen and oxygen atoms in total. The molecule has 1 aliphatic rings. The van der Waals surface area contributed by atoms with Gasteiger partial charge in [-0.15, -0.1) is 10.2 Å². The SMILES string of the molecule is COc1ccc(C(=O)Nc2ccc(NC3CCCCCC3)nn2)cc1. The topological polar surface area (TPSA) is 76.1 Å². The van der Waals surface area contributed by atoms with Gasteiger partial charge in [0.25, 0.3) is 5.91 Å². The third-order valence-corrected chi connectivity index (χ3v) is 4.47. The predicted octanol–water partition coefficient (Wildman–Crippen LogP) is 3.87. The fraction of sp³-hybridized carbons (Fsp3) is 0.421. The van der Waals surface area contributed by atoms with Crippen LogP contribution in [0, 0.1) is 0 Å². The molecule has 1 aromatic carbocycles. The van der Waals surface area contributed by atoms with E-state index in [1.807, 2.05) is 6.07 Å². The Morgan fingerprint density at radius 2 is 1.60 bits per heavy atom. The first-order valence-electron chi connectivity index (χ1n) is 8.80. The van der Waals surface area contributed by atoms with Crippen LogP contribution in [0.1, 0.15) is 48.9 Å². The van der Waals surface area contributed by atoms with Crippen molar-refractivity contribution in [2.24, 2.45) is 0 Å². The molecular formula is C19H24N4O2. The molecule has 1 amide bonds. The smallest absolute Gasteiger partial charge is 0.256 e. The van der Waals surface area contributed by atoms with E-state index in [4.69, 9.17) is 4.74 Å². The van der Waals surface area contributed by atoms with Crippen LogP contribution >= 0.6 is 0 Å². The number of rotatable bonds is 5. The highest BCUT2D eigenvalue weighted by Crippen LogP contribution is 2.20. The van der Waals surface area contributed by atoms with E-state index in [1.165, 1.54) is 38.5 Å². The fourth-order valence-corrected chi connectivity index (χ4v) is 3.04. The summed E-state index contributed by atoms with van der Waals surface area (Å²) in [6.07, 6.45) is 7.53. The molecule has 1 saturated carbocycles. The van der Waals surface area contributed by atoms with E-state index in [0.717, 1.165) is 5.82 Å². The number of hydrogen-bond acceptors (Lipinski definition) is 5. The first-order chi connectivity index (χ1) is 12.2. The van der Waals surface area contributed by atoms with Crippen molar-refractivity contribution in [3.8, 4) is 5.75 Å². The standard InChI is InChI=1S/C19H24N4O2/c1-25-16-10-8-14(9-11-16)19(24)21-18-13-12-17(22-23-18)20-15-6-4-2-3-5-7-15/h8-13,15H,2-7H2,1H3,(H,20,22)(H,21,23,24). The molecule has 6 heteroatoms. The van der Waals surface area contributed by atoms with Gasteiger partial charge in [0.1, 0.15) is 11.6 Å². The number of amides is 1. The van der Waals surface area contributed by atoms with E-state index in [9.17, 15) is 4.79 Å². The molecule has 25 heavy (non-hydrogen) atoms. The van der Waals surface area contributed by atoms with Gasteiger partial charge < -0.3 is 15.4 Å². The lowest BCUT2D eigenvalue weighted by atomic mass is 10.1. The Morgan fingerprint density at radius 1 is 0.960 bits per heavy atom. The van der Waals surface area contributed by atoms with E-state index in [2.05, 4.69) is 20.8 Å². The van der Waals surface area contributed by atoms with Crippen LogP contribution < -0.4 is 15.4 Å². The summed E-state index contributed by atoms with van der Waals surface area (Å²) in [5, 5.41) is 14.5. The van der Waals surface area contributed by atoms with Crippen LogP contribution in [-0.4, -0.2) is 29.3 Å². The zero-order chi connectivity index (χ0) is 17.5. The molecule has 0 unspecified atom stereocenters. The molecule has 0 saturated heterocycles. The first-order valence-corrected chi connectivity index (χ1v) is 8.80. The fourth-order valence-electron chi connectivity index (χ4n) is 3.04. The van der Waals surface area contributed by atoms with Crippen LogP contribution in [0.3, 0.4) is 0 Å². The largest absolute Gasteiger partial charge is 0.497 e. The molecule has 0 atom stereocenters. The Hall–Kier alpha value is -2.63. The molecular weight excluding hydrogens is 316 g/mol. The number of hydrogen-bond donors (Lipinski definition) is 2. The third-order valence-electron chi connectivity index (χ3n) is 4.47. The molecule has 0 spiro atoms. The van der Waals surface area contributed by atoms with Crippen LogP contribution in [0.15, 0.2) is 36.4 Å². The number of nitrogens with zero attached hydrogens (tertiary/aromatic N) is 2. The second-order valence-electron chi connectivity index (χ2n) is 6.32. The summed E-state index contributed by atoms with van der Waals surface area (Å²) in [5.41, 5.74) is 0.545. The maximum atomic E-state index is 12.2. The van der Waals surface area contributed by atoms with Crippen LogP contribution in [0.4, 0.5) is 11.6 Å². The number of benzene rings is 1. The Morgan fingerprint density at radius 3 is 2.20 bits per heavy atom. The zero-order valence-electron chi connectivity index (χ0n) is 14.5. The quantitative estimate of drug-likeness (QED) is 0.808. The highest BCUT2D eigenvalue weighted by molar-refractivity contribution is 6.03. The van der Waals surface area contributed by atoms with Crippen molar-refractivity contribution in [2.45, 2.75) is 44.6 Å². The Balaban J connectivity index is 1.56. The number of aromatic nitrogens is 2. The summed E-state index contributed by atoms with van der Waals surface area (Å²) in [5.74, 6) is 1.69. The van der Waals surface area contributed by atoms with E-state index >= 15 is 0 Å². The highest BCUT2D eigenvalue weighted by Gasteiger charge is 2.13. The van der Waals surface area contributed by atoms with Crippen LogP contribution in [0.25, 0.3) is 0 Å². The van der Waals surface area contributed by atoms with Crippen molar-refractivity contribution in [1.29, 1.82) is 0 Å². The average molecular weight is 340 g/mol. The molecule has 2 N–H and O–H groups in total. The van der Waals surface area contributed by atoms with E-state index in [1.54, 1.807) is 37.4 Å². The number of carbonyl (C=O) groups is 1. The van der Waals surface area contributed by atoms with Gasteiger partial charge in [-0.2, -0.15) is 0 Å². The Labute approximate surface area is 148 Å². The minimum Gasteiger partial charge on any atom is -0.497 e. The van der Waals surface area contributed by atoms with E-state index in [-0.39, 0.29) is 5.91 Å². The van der Waals surface area contributed by atoms with Gasteiger partial charge in [0.15, 0.2) is 5.82 Å². The average Bonchev–Trinajstić information content (AvgIpc) is 2.92. The molecule has 2 aromatic rings. The van der Waals surface area contributed by atoms with E-state index < -0.39 is 0 Å². The van der Waals surface area contributed by atoms with Gasteiger partial charge >= 0.3 is 0 Å². The summed E-state index contributed by atoms with van der Waals surface area (Å²) in [6, 6.07) is 11.0. The summed E-state index contributed by atoms with van der Waals surface area (Å²) in [4.78, 5) is 12.2. The number of ether oxygens (including phenoxy) is 1. The number of methoxy groups -OCH3 is 1. The molecule has 3 rings (SSSR count). The molecule has 0 bridgehead atoms. The molecule has 132 valence electrons. The third kappa shape index (κ3) is 4.92. The number of nitrogens with one attached hydrogen (secondary N) is 2. The summed E-state index contributed by atoms with van der Waals surface area (Å²) in [6.45, 7) is 0. The maximum absolute atomic E-state index is 12.2. The lowest BCUT2D eigenvalue weighted by Gasteiger charge is -2.16. The van der Waals surface area contributed by atoms with Gasteiger partial charge in [0.05, 0.1) is 7.11 Å². The predicted molar refractivity (Wildman–Crippen MR) is 98.1 cm³/mol. The lowest BCUT2D eigenvalue weighted by molar-refractivity contribution is 0.102. The molecule has 0 aliphatic heterocycles. The zero-order valence-corrected chi connectivity index (χ0v) is 14.5. The van der Waals surface area contributed by atoms with Gasteiger partial charge in [-0.25, -0.2) is 0 Å². The normalized spacial score (nSPS) is 15.2. The summed E-state index contributed by atoms with van der Waals surface area (Å²) >= 11 is 0. The molecule has 1 heterocycles. The van der Waals surface area contributed by atoms with Gasteiger partial charge in [-0.3, -0.25) is 4.79 Å². The minimum atomic E-state index is -0.221. The molecule has 1 aliphatic carbocycles. The first kappa shape index (κ1) is 17.2. The molecule has 1 fully saturated rings. The van der Waals surface area contributed by atoms with Gasteiger partial charge in [0, 0.05) is 11.6 Å². The van der Waals surface area contributed by atoms with Gasteiger partial charge in [-0.05, 0) is 49.2 Å². The van der Waals surface area contributed by atoms with Crippen molar-refractivity contribution in [2.75, 3.05) is 17.7 Å². The van der Waals surface area contributed by atoms with Gasteiger partial charge in [0.2, 0.25) is 0 Å². The van der Waals surface area contributed by atoms with Crippen molar-refractivity contribution in [3.63, 3.8) is 0 Å². The highest BCUT2D eigenvalue weighted by atomic mass is 16.5. The Kier molecular flexibility index (Phi) is 5.82. The van der Waals surface area contributed by atoms with Crippen molar-refractivity contribution < 1.29 is 9.53 Å². The number of carbonyl (C=O) groups excluding carboxylic acids is 1. The van der Waals surface area contributed by atoms with Gasteiger partial charge in [-0.1, -0.05) is 25.7 Å². The second-order valence-corrected chi connectivity index (χ2v) is 6.32. The number of anilines is 2. The summed E-state index contributed by atoms with van der Waals surface area (Å²) < 4.78 is 5.09. The van der Waals surface area contributed by atoms with Crippen molar-refractivity contribution in [3.05, 3.63) is 42.0 Å². The van der Waals surface area contributed by atoms with Crippen molar-refractivity contribution in [1.82, 2.24) is 10.2 Å². The van der Waals surface area contributed by atoms with Crippen LogP contribution in [-0.2, 0) is 0 Å². The summed E-state index contributed by atoms with van der Waals surface area (Å²) in [7, 11) is 1.59. The minimum absolute atomic E-state index is 0.221. The van der Waals surface area contributed by atoms with E-state index in [0.29, 0.717) is 23.2 Å². The molecule has 1 aromatic heterocycles. The van der Waals surface area contributed by atoms with Crippen molar-refractivity contribution >= 4 is 17.5 Å². The second kappa shape index (κ2) is 8.46. The lowest BCUT2D eigenvalue weighted by Crippen LogP contribution is -2.19. The van der Waals surface area contributed by atoms with Crippen LogP contribution in [0.5, 0.6) is 5.75 Å².